The minimum absolute atomic E-state index is 0. The molecule has 2 aromatic carbocycles. The Labute approximate surface area is 155 Å². The minimum atomic E-state index is 0. The highest BCUT2D eigenvalue weighted by Crippen LogP contribution is 2.39. The van der Waals surface area contributed by atoms with Gasteiger partial charge in [-0.3, -0.25) is 4.90 Å². The van der Waals surface area contributed by atoms with Gasteiger partial charge >= 0.3 is 0 Å². The molecule has 1 aliphatic rings. The molecule has 0 bridgehead atoms. The number of terminal acetylenes is 1. The molecule has 24 heavy (non-hydrogen) atoms. The molecule has 0 amide bonds. The number of hydrogen-bond acceptors (Lipinski definition) is 2. The molecule has 0 atom stereocenters. The molecule has 0 fully saturated rings. The zero-order valence-corrected chi connectivity index (χ0v) is 15.5. The summed E-state index contributed by atoms with van der Waals surface area (Å²) in [5.41, 5.74) is 5.49. The summed E-state index contributed by atoms with van der Waals surface area (Å²) >= 11 is 1.93. The van der Waals surface area contributed by atoms with Gasteiger partial charge in [-0.15, -0.1) is 30.6 Å². The molecule has 1 aliphatic heterocycles. The summed E-state index contributed by atoms with van der Waals surface area (Å²) in [6.07, 6.45) is 8.75. The van der Waals surface area contributed by atoms with Crippen LogP contribution in [-0.4, -0.2) is 25.0 Å². The van der Waals surface area contributed by atoms with Crippen molar-refractivity contribution in [3.8, 4) is 12.3 Å². The van der Waals surface area contributed by atoms with Crippen molar-refractivity contribution < 1.29 is 0 Å². The fourth-order valence-electron chi connectivity index (χ4n) is 2.91. The molecular weight excluding hydrogens is 334 g/mol. The molecule has 0 aromatic heterocycles. The number of halogens is 1. The lowest BCUT2D eigenvalue weighted by atomic mass is 9.93. The third-order valence-corrected chi connectivity index (χ3v) is 5.21. The second-order valence-corrected chi connectivity index (χ2v) is 6.81. The van der Waals surface area contributed by atoms with Crippen LogP contribution in [0.3, 0.4) is 0 Å². The van der Waals surface area contributed by atoms with Gasteiger partial charge in [0.2, 0.25) is 0 Å². The quantitative estimate of drug-likeness (QED) is 0.702. The molecule has 0 radical (unpaired) electrons. The molecule has 124 valence electrons. The van der Waals surface area contributed by atoms with Gasteiger partial charge in [0.15, 0.2) is 0 Å². The normalized spacial score (nSPS) is 14.3. The summed E-state index contributed by atoms with van der Waals surface area (Å²) in [4.78, 5) is 3.55. The Hall–Kier alpha value is -1.66. The van der Waals surface area contributed by atoms with Gasteiger partial charge in [0.25, 0.3) is 0 Å². The summed E-state index contributed by atoms with van der Waals surface area (Å²) in [5, 5.41) is 0. The molecule has 3 heteroatoms. The molecule has 0 N–H and O–H groups in total. The average molecular weight is 356 g/mol. The van der Waals surface area contributed by atoms with E-state index in [9.17, 15) is 0 Å². The van der Waals surface area contributed by atoms with Gasteiger partial charge in [-0.2, -0.15) is 0 Å². The Morgan fingerprint density at radius 1 is 1.12 bits per heavy atom. The average Bonchev–Trinajstić information content (AvgIpc) is 2.73. The first kappa shape index (κ1) is 18.7. The Bertz CT molecular complexity index is 711. The third kappa shape index (κ3) is 4.24. The summed E-state index contributed by atoms with van der Waals surface area (Å²) in [5.74, 6) is 3.73. The molecule has 0 spiro atoms. The van der Waals surface area contributed by atoms with E-state index in [0.717, 1.165) is 18.7 Å². The molecule has 1 nitrogen and oxygen atoms in total. The van der Waals surface area contributed by atoms with E-state index >= 15 is 0 Å². The summed E-state index contributed by atoms with van der Waals surface area (Å²) in [7, 11) is 2.07. The zero-order chi connectivity index (χ0) is 16.1. The van der Waals surface area contributed by atoms with Gasteiger partial charge in [0, 0.05) is 17.2 Å². The topological polar surface area (TPSA) is 3.24 Å². The minimum Gasteiger partial charge on any atom is -0.295 e. The van der Waals surface area contributed by atoms with Gasteiger partial charge in [-0.25, -0.2) is 0 Å². The van der Waals surface area contributed by atoms with Crippen LogP contribution in [0.15, 0.2) is 59.5 Å². The predicted molar refractivity (Wildman–Crippen MR) is 108 cm³/mol. The van der Waals surface area contributed by atoms with Crippen molar-refractivity contribution >= 4 is 29.7 Å². The van der Waals surface area contributed by atoms with E-state index in [4.69, 9.17) is 6.42 Å². The molecule has 3 rings (SSSR count). The van der Waals surface area contributed by atoms with E-state index in [2.05, 4.69) is 72.5 Å². The number of hydrogen-bond donors (Lipinski definition) is 0. The van der Waals surface area contributed by atoms with Crippen LogP contribution in [0.1, 0.15) is 23.1 Å². The summed E-state index contributed by atoms with van der Waals surface area (Å²) in [6, 6.07) is 17.5. The second kappa shape index (κ2) is 8.99. The molecule has 2 aromatic rings. The first-order chi connectivity index (χ1) is 11.3. The highest BCUT2D eigenvalue weighted by Gasteiger charge is 2.17. The van der Waals surface area contributed by atoms with Crippen molar-refractivity contribution in [1.82, 2.24) is 4.90 Å². The van der Waals surface area contributed by atoms with E-state index in [1.807, 2.05) is 11.8 Å². The third-order valence-electron chi connectivity index (χ3n) is 4.09. The van der Waals surface area contributed by atoms with Gasteiger partial charge in [0.05, 0.1) is 6.54 Å². The van der Waals surface area contributed by atoms with Gasteiger partial charge in [-0.1, -0.05) is 54.5 Å². The Kier molecular flexibility index (Phi) is 6.99. The SMILES string of the molecule is C#CCN(C)CCC=C1c2ccccc2CSc2ccccc21.Cl. The zero-order valence-electron chi connectivity index (χ0n) is 13.9. The maximum atomic E-state index is 5.38. The maximum absolute atomic E-state index is 5.38. The van der Waals surface area contributed by atoms with Crippen LogP contribution < -0.4 is 0 Å². The van der Waals surface area contributed by atoms with Gasteiger partial charge in [0.1, 0.15) is 0 Å². The molecule has 0 unspecified atom stereocenters. The largest absolute Gasteiger partial charge is 0.295 e. The highest BCUT2D eigenvalue weighted by molar-refractivity contribution is 7.98. The number of rotatable bonds is 4. The number of thioether (sulfide) groups is 1. The first-order valence-electron chi connectivity index (χ1n) is 7.92. The monoisotopic (exact) mass is 355 g/mol. The molecule has 0 saturated heterocycles. The molecule has 0 saturated carbocycles. The van der Waals surface area contributed by atoms with E-state index in [1.54, 1.807) is 0 Å². The van der Waals surface area contributed by atoms with E-state index in [0.29, 0.717) is 6.54 Å². The Morgan fingerprint density at radius 3 is 2.62 bits per heavy atom. The lowest BCUT2D eigenvalue weighted by Gasteiger charge is -2.14. The lowest BCUT2D eigenvalue weighted by molar-refractivity contribution is 0.384. The Morgan fingerprint density at radius 2 is 1.83 bits per heavy atom. The predicted octanol–water partition coefficient (Wildman–Crippen LogP) is 5.10. The van der Waals surface area contributed by atoms with E-state index in [-0.39, 0.29) is 12.4 Å². The number of nitrogens with zero attached hydrogens (tertiary/aromatic N) is 1. The van der Waals surface area contributed by atoms with Crippen molar-refractivity contribution in [1.29, 1.82) is 0 Å². The van der Waals surface area contributed by atoms with E-state index < -0.39 is 0 Å². The van der Waals surface area contributed by atoms with Crippen LogP contribution in [0.4, 0.5) is 0 Å². The molecule has 0 aliphatic carbocycles. The van der Waals surface area contributed by atoms with Crippen molar-refractivity contribution in [3.05, 3.63) is 71.3 Å². The number of fused-ring (bicyclic) bond motifs is 2. The Balaban J connectivity index is 0.00000208. The van der Waals surface area contributed by atoms with Crippen LogP contribution in [-0.2, 0) is 5.75 Å². The van der Waals surface area contributed by atoms with Gasteiger partial charge in [-0.05, 0) is 41.8 Å². The standard InChI is InChI=1S/C21H21NS.ClH/c1-3-14-22(2)15-8-12-19-18-10-5-4-9-17(18)16-23-21-13-7-6-11-20(19)21;/h1,4-7,9-13H,8,14-16H2,2H3;1H. The summed E-state index contributed by atoms with van der Waals surface area (Å²) < 4.78 is 0. The van der Waals surface area contributed by atoms with Crippen molar-refractivity contribution in [2.75, 3.05) is 20.1 Å². The first-order valence-corrected chi connectivity index (χ1v) is 8.91. The lowest BCUT2D eigenvalue weighted by Crippen LogP contribution is -2.19. The molecule has 1 heterocycles. The second-order valence-electron chi connectivity index (χ2n) is 5.79. The van der Waals surface area contributed by atoms with Crippen molar-refractivity contribution in [3.63, 3.8) is 0 Å². The maximum Gasteiger partial charge on any atom is 0.0596 e. The van der Waals surface area contributed by atoms with Crippen LogP contribution in [0.25, 0.3) is 5.57 Å². The smallest absolute Gasteiger partial charge is 0.0596 e. The fraction of sp³-hybridized carbons (Fsp3) is 0.238. The van der Waals surface area contributed by atoms with Crippen LogP contribution in [0.2, 0.25) is 0 Å². The van der Waals surface area contributed by atoms with E-state index in [1.165, 1.54) is 27.2 Å². The fourth-order valence-corrected chi connectivity index (χ4v) is 3.98. The van der Waals surface area contributed by atoms with Crippen molar-refractivity contribution in [2.45, 2.75) is 17.1 Å². The molecular formula is C21H22ClNS. The summed E-state index contributed by atoms with van der Waals surface area (Å²) in [6.45, 7) is 1.68. The van der Waals surface area contributed by atoms with Crippen LogP contribution in [0, 0.1) is 12.3 Å². The highest BCUT2D eigenvalue weighted by atomic mass is 35.5. The van der Waals surface area contributed by atoms with Crippen LogP contribution >= 0.6 is 24.2 Å². The number of benzene rings is 2. The van der Waals surface area contributed by atoms with Crippen LogP contribution in [0.5, 0.6) is 0 Å². The van der Waals surface area contributed by atoms with Gasteiger partial charge < -0.3 is 0 Å². The van der Waals surface area contributed by atoms with Crippen molar-refractivity contribution in [2.24, 2.45) is 0 Å².